The van der Waals surface area contributed by atoms with Gasteiger partial charge in [-0.1, -0.05) is 72.4 Å². The van der Waals surface area contributed by atoms with Crippen molar-refractivity contribution in [1.29, 1.82) is 0 Å². The molecule has 0 aromatic rings. The second kappa shape index (κ2) is 18.2. The highest BCUT2D eigenvalue weighted by molar-refractivity contribution is 5.54. The minimum atomic E-state index is -1.29. The molecule has 0 N–H and O–H groups in total. The molecular formula is C30H40F4O2. The highest BCUT2D eigenvalue weighted by Crippen LogP contribution is 2.31. The van der Waals surface area contributed by atoms with Gasteiger partial charge in [-0.05, 0) is 36.5 Å². The molecular weight excluding hydrogens is 468 g/mol. The van der Waals surface area contributed by atoms with E-state index in [9.17, 15) is 17.6 Å². The molecule has 0 aromatic carbocycles. The van der Waals surface area contributed by atoms with Crippen molar-refractivity contribution < 1.29 is 27.0 Å². The van der Waals surface area contributed by atoms with E-state index in [-0.39, 0.29) is 47.2 Å². The fourth-order valence-corrected chi connectivity index (χ4v) is 2.24. The molecule has 0 fully saturated rings. The maximum absolute atomic E-state index is 14.7. The lowest BCUT2D eigenvalue weighted by Crippen LogP contribution is -2.15. The number of halogens is 4. The Hall–Kier alpha value is -3.12. The van der Waals surface area contributed by atoms with E-state index >= 15 is 0 Å². The smallest absolute Gasteiger partial charge is 0.200 e. The minimum absolute atomic E-state index is 0.00143. The summed E-state index contributed by atoms with van der Waals surface area (Å²) in [6.45, 7) is 34.9. The third-order valence-electron chi connectivity index (χ3n) is 4.98. The molecule has 0 aliphatic heterocycles. The van der Waals surface area contributed by atoms with Gasteiger partial charge in [0.05, 0.1) is 19.3 Å². The van der Waals surface area contributed by atoms with Crippen LogP contribution in [0.15, 0.2) is 122 Å². The van der Waals surface area contributed by atoms with Gasteiger partial charge in [-0.3, -0.25) is 0 Å². The SMILES string of the molecule is C=C.C=C(/C=C\C(=C)C(=C)/C(F)=C(/F)C(=C)C(C)COC(C)CC)C(=C)/C(F)=C(/F)C(=C)OCCC. The van der Waals surface area contributed by atoms with E-state index in [0.29, 0.717) is 6.42 Å². The molecule has 0 amide bonds. The molecule has 2 atom stereocenters. The molecule has 2 unspecified atom stereocenters. The van der Waals surface area contributed by atoms with Crippen LogP contribution in [0.3, 0.4) is 0 Å². The van der Waals surface area contributed by atoms with Gasteiger partial charge in [0, 0.05) is 17.1 Å². The molecule has 0 aromatic heterocycles. The average Bonchev–Trinajstić information content (AvgIpc) is 2.90. The van der Waals surface area contributed by atoms with Crippen molar-refractivity contribution in [2.75, 3.05) is 13.2 Å². The molecule has 0 spiro atoms. The molecule has 0 heterocycles. The monoisotopic (exact) mass is 508 g/mol. The quantitative estimate of drug-likeness (QED) is 0.0894. The van der Waals surface area contributed by atoms with Crippen LogP contribution in [0.4, 0.5) is 17.6 Å². The Morgan fingerprint density at radius 3 is 1.61 bits per heavy atom. The summed E-state index contributed by atoms with van der Waals surface area (Å²) in [6, 6.07) is 0. The molecule has 0 aliphatic rings. The van der Waals surface area contributed by atoms with Crippen molar-refractivity contribution in [3.05, 3.63) is 122 Å². The first kappa shape index (κ1) is 35.0. The largest absolute Gasteiger partial charge is 0.491 e. The summed E-state index contributed by atoms with van der Waals surface area (Å²) in [5.41, 5.74) is -0.774. The summed E-state index contributed by atoms with van der Waals surface area (Å²) in [7, 11) is 0. The van der Waals surface area contributed by atoms with Gasteiger partial charge in [0.25, 0.3) is 0 Å². The summed E-state index contributed by atoms with van der Waals surface area (Å²) < 4.78 is 68.2. The van der Waals surface area contributed by atoms with Crippen molar-refractivity contribution >= 4 is 0 Å². The number of hydrogen-bond donors (Lipinski definition) is 0. The maximum atomic E-state index is 14.7. The Kier molecular flexibility index (Phi) is 17.7. The normalized spacial score (nSPS) is 13.9. The zero-order chi connectivity index (χ0) is 28.6. The van der Waals surface area contributed by atoms with Gasteiger partial charge in [0.2, 0.25) is 5.83 Å². The summed E-state index contributed by atoms with van der Waals surface area (Å²) >= 11 is 0. The van der Waals surface area contributed by atoms with Gasteiger partial charge < -0.3 is 9.47 Å². The molecule has 0 saturated heterocycles. The number of ether oxygens (including phenoxy) is 2. The van der Waals surface area contributed by atoms with Crippen molar-refractivity contribution in [1.82, 2.24) is 0 Å². The van der Waals surface area contributed by atoms with Crippen LogP contribution < -0.4 is 0 Å². The van der Waals surface area contributed by atoms with E-state index in [0.717, 1.165) is 6.42 Å². The molecule has 0 rings (SSSR count). The summed E-state index contributed by atoms with van der Waals surface area (Å²) in [5.74, 6) is -5.87. The van der Waals surface area contributed by atoms with Crippen LogP contribution in [0.1, 0.15) is 40.5 Å². The topological polar surface area (TPSA) is 18.5 Å². The summed E-state index contributed by atoms with van der Waals surface area (Å²) in [4.78, 5) is 0. The Labute approximate surface area is 214 Å². The van der Waals surface area contributed by atoms with E-state index in [1.807, 2.05) is 13.8 Å². The highest BCUT2D eigenvalue weighted by Gasteiger charge is 2.20. The predicted molar refractivity (Wildman–Crippen MR) is 145 cm³/mol. The Morgan fingerprint density at radius 2 is 1.19 bits per heavy atom. The van der Waals surface area contributed by atoms with Gasteiger partial charge in [0.1, 0.15) is 0 Å². The number of hydrogen-bond acceptors (Lipinski definition) is 2. The van der Waals surface area contributed by atoms with Crippen LogP contribution in [-0.2, 0) is 9.47 Å². The Bertz CT molecular complexity index is 935. The maximum Gasteiger partial charge on any atom is 0.200 e. The molecule has 0 radical (unpaired) electrons. The molecule has 6 heteroatoms. The van der Waals surface area contributed by atoms with Crippen LogP contribution in [-0.4, -0.2) is 19.3 Å². The van der Waals surface area contributed by atoms with Gasteiger partial charge in [-0.25, -0.2) is 13.2 Å². The molecule has 0 saturated carbocycles. The zero-order valence-corrected chi connectivity index (χ0v) is 22.1. The van der Waals surface area contributed by atoms with Crippen LogP contribution in [0, 0.1) is 5.92 Å². The summed E-state index contributed by atoms with van der Waals surface area (Å²) in [5, 5.41) is 0. The van der Waals surface area contributed by atoms with E-state index in [4.69, 9.17) is 9.47 Å². The molecule has 0 aliphatic carbocycles. The lowest BCUT2D eigenvalue weighted by atomic mass is 9.98. The van der Waals surface area contributed by atoms with Crippen molar-refractivity contribution in [2.24, 2.45) is 5.92 Å². The average molecular weight is 509 g/mol. The predicted octanol–water partition coefficient (Wildman–Crippen LogP) is 9.82. The van der Waals surface area contributed by atoms with Crippen LogP contribution in [0.2, 0.25) is 0 Å². The number of rotatable bonds is 16. The standard InChI is InChI=1S/C28H36F4O2.C2H4/c1-11-15-33-24(10)28(32)27(31)22(8)18(4)14-13-17(3)21(7)25(29)26(30)23(9)19(5)16-34-20(6)12-2;1-2/h13-14,19-20H,3-4,7-12,15-16H2,1-2,5-6H3;1-2H2/b14-13-,26-25-,28-27-;. The first-order valence-corrected chi connectivity index (χ1v) is 11.5. The zero-order valence-electron chi connectivity index (χ0n) is 22.1. The van der Waals surface area contributed by atoms with E-state index in [1.165, 1.54) is 12.2 Å². The fourth-order valence-electron chi connectivity index (χ4n) is 2.24. The van der Waals surface area contributed by atoms with Crippen LogP contribution >= 0.6 is 0 Å². The Balaban J connectivity index is 0. The van der Waals surface area contributed by atoms with Gasteiger partial charge >= 0.3 is 0 Å². The molecule has 2 nitrogen and oxygen atoms in total. The highest BCUT2D eigenvalue weighted by atomic mass is 19.2. The Morgan fingerprint density at radius 1 is 0.750 bits per heavy atom. The van der Waals surface area contributed by atoms with Crippen molar-refractivity contribution in [2.45, 2.75) is 46.6 Å². The second-order valence-electron chi connectivity index (χ2n) is 7.85. The second-order valence-corrected chi connectivity index (χ2v) is 7.85. The first-order chi connectivity index (χ1) is 16.8. The summed E-state index contributed by atoms with van der Waals surface area (Å²) in [6.07, 6.45) is 3.86. The lowest BCUT2D eigenvalue weighted by molar-refractivity contribution is 0.0486. The molecule has 200 valence electrons. The molecule has 0 bridgehead atoms. The van der Waals surface area contributed by atoms with Crippen LogP contribution in [0.5, 0.6) is 0 Å². The van der Waals surface area contributed by atoms with E-state index in [1.54, 1.807) is 13.8 Å². The van der Waals surface area contributed by atoms with Crippen LogP contribution in [0.25, 0.3) is 0 Å². The van der Waals surface area contributed by atoms with Gasteiger partial charge in [-0.15, -0.1) is 13.2 Å². The first-order valence-electron chi connectivity index (χ1n) is 11.5. The van der Waals surface area contributed by atoms with Crippen molar-refractivity contribution in [3.8, 4) is 0 Å². The fraction of sp³-hybridized carbons (Fsp3) is 0.333. The number of allylic oxidation sites excluding steroid dienone is 10. The van der Waals surface area contributed by atoms with Gasteiger partial charge in [0.15, 0.2) is 23.2 Å². The molecule has 36 heavy (non-hydrogen) atoms. The van der Waals surface area contributed by atoms with Gasteiger partial charge in [-0.2, -0.15) is 4.39 Å². The minimum Gasteiger partial charge on any atom is -0.491 e. The third kappa shape index (κ3) is 11.5. The van der Waals surface area contributed by atoms with Crippen molar-refractivity contribution in [3.63, 3.8) is 0 Å². The van der Waals surface area contributed by atoms with E-state index < -0.39 is 35.0 Å². The lowest BCUT2D eigenvalue weighted by Gasteiger charge is -2.17. The van der Waals surface area contributed by atoms with E-state index in [2.05, 4.69) is 52.6 Å². The third-order valence-corrected chi connectivity index (χ3v) is 4.98.